The SMILES string of the molecule is N#Cc1cccc(-c2cc(-c3ccccc3)nc(-c3cccc4c3-c3ccccc3C4(c3ccccc3)c3ccccc3)n2)c1.N#Cc1cccc(-c2ccc(-c3cc(-c4cccc5c4-c4ccccc4C5(c4ccccc4)c4ccccc4)nc(-c4ccccc4)n3)cc2)c1.N#Cc1ccccc1-c1ccc(-c2cc(-c3cccc4c3Sc3ccccc3C43c4ccccc4-c4ccccc43)nc(-c3ccccc3)n2)cc1. The van der Waals surface area contributed by atoms with Gasteiger partial charge in [-0.05, 0) is 177 Å². The predicted molar refractivity (Wildman–Crippen MR) is 596 cm³/mol. The molecule has 4 heterocycles. The Kier molecular flexibility index (Phi) is 23.3. The number of fused-ring (bicyclic) bond motifs is 15. The van der Waals surface area contributed by atoms with Gasteiger partial charge in [-0.1, -0.05) is 485 Å². The topological polar surface area (TPSA) is 149 Å². The minimum atomic E-state index is -0.508. The zero-order valence-corrected chi connectivity index (χ0v) is 81.0. The lowest BCUT2D eigenvalue weighted by atomic mass is 9.67. The summed E-state index contributed by atoms with van der Waals surface area (Å²) < 4.78 is 0. The molecule has 1 aliphatic heterocycles. The van der Waals surface area contributed by atoms with Crippen molar-refractivity contribution in [3.05, 3.63) is 611 Å². The standard InChI is InChI=1S/C48H29N3S.C48H31N3.C42H27N3/c49-30-34-15-4-5-16-35(34)31-25-27-32(28-26-31)43-29-44(51-47(50-43)33-13-2-1-3-14-33)38-19-12-23-42-46(38)52-45-24-11-10-22-41(45)48(42)39-20-8-6-17-36(39)37-18-7-9-21-40(37)48;49-32-33-14-12-17-37(30-33)34-26-28-35(29-27-34)44-31-45(51-47(50-44)36-15-4-1-5-16-36)41-23-13-25-43-46(41)40-22-10-11-24-42(40)48(43,38-18-6-2-7-19-38)39-20-8-3-9-21-39;43-28-29-14-12-17-31(26-29)39-27-38(30-15-4-1-5-16-30)44-41(45-39)35-23-13-25-37-40(35)34-22-10-11-24-36(34)42(37,32-18-6-2-7-19-32)33-20-8-3-9-21-33/h1-29H;1-31H;1-27H. The van der Waals surface area contributed by atoms with E-state index in [9.17, 15) is 15.8 Å². The van der Waals surface area contributed by atoms with E-state index in [0.717, 1.165) is 112 Å². The van der Waals surface area contributed by atoms with Crippen LogP contribution in [-0.2, 0) is 16.2 Å². The first-order chi connectivity index (χ1) is 73.2. The van der Waals surface area contributed by atoms with Crippen molar-refractivity contribution >= 4 is 11.8 Å². The van der Waals surface area contributed by atoms with E-state index in [4.69, 9.17) is 29.9 Å². The number of hydrogen-bond acceptors (Lipinski definition) is 10. The number of benzene rings is 20. The van der Waals surface area contributed by atoms with Crippen molar-refractivity contribution < 1.29 is 0 Å². The summed E-state index contributed by atoms with van der Waals surface area (Å²) in [6.45, 7) is 0. The molecule has 10 heteroatoms. The molecule has 0 N–H and O–H groups in total. The van der Waals surface area contributed by atoms with E-state index < -0.39 is 16.2 Å². The van der Waals surface area contributed by atoms with Gasteiger partial charge in [-0.15, -0.1) is 0 Å². The third-order valence-electron chi connectivity index (χ3n) is 29.3. The fourth-order valence-corrected chi connectivity index (χ4v) is 24.2. The van der Waals surface area contributed by atoms with Crippen LogP contribution in [0.1, 0.15) is 83.5 Å². The predicted octanol–water partition coefficient (Wildman–Crippen LogP) is 32.9. The van der Waals surface area contributed by atoms with Gasteiger partial charge in [0.2, 0.25) is 0 Å². The maximum Gasteiger partial charge on any atom is 0.161 e. The van der Waals surface area contributed by atoms with Gasteiger partial charge in [-0.3, -0.25) is 0 Å². The molecule has 0 saturated heterocycles. The molecule has 20 aromatic carbocycles. The highest BCUT2D eigenvalue weighted by Gasteiger charge is 2.52. The van der Waals surface area contributed by atoms with Crippen LogP contribution in [0, 0.1) is 34.0 Å². The van der Waals surface area contributed by atoms with E-state index in [2.05, 4.69) is 413 Å². The molecule has 0 fully saturated rings. The molecule has 0 radical (unpaired) electrons. The highest BCUT2D eigenvalue weighted by molar-refractivity contribution is 7.99. The fraction of sp³-hybridized carbons (Fsp3) is 0.0217. The second kappa shape index (κ2) is 38.4. The minimum absolute atomic E-state index is 0.464. The largest absolute Gasteiger partial charge is 0.228 e. The maximum absolute atomic E-state index is 9.72. The summed E-state index contributed by atoms with van der Waals surface area (Å²) in [4.78, 5) is 33.7. The molecule has 148 heavy (non-hydrogen) atoms. The van der Waals surface area contributed by atoms with Crippen molar-refractivity contribution in [2.24, 2.45) is 0 Å². The van der Waals surface area contributed by atoms with Gasteiger partial charge >= 0.3 is 0 Å². The Morgan fingerprint density at radius 2 is 0.480 bits per heavy atom. The van der Waals surface area contributed by atoms with Crippen LogP contribution in [0.4, 0.5) is 0 Å². The van der Waals surface area contributed by atoms with Gasteiger partial charge in [0.1, 0.15) is 0 Å². The molecular weight excluding hydrogens is 1820 g/mol. The van der Waals surface area contributed by atoms with Gasteiger partial charge in [0.25, 0.3) is 0 Å². The Balaban J connectivity index is 0.000000116. The van der Waals surface area contributed by atoms with Crippen LogP contribution in [0.25, 0.3) is 157 Å². The lowest BCUT2D eigenvalue weighted by molar-refractivity contribution is 0.723. The van der Waals surface area contributed by atoms with Crippen molar-refractivity contribution in [2.45, 2.75) is 26.0 Å². The Hall–Kier alpha value is -19.5. The third kappa shape index (κ3) is 15.5. The zero-order chi connectivity index (χ0) is 99.1. The molecule has 0 atom stereocenters. The minimum Gasteiger partial charge on any atom is -0.228 e. The van der Waals surface area contributed by atoms with Crippen LogP contribution in [0.2, 0.25) is 0 Å². The summed E-state index contributed by atoms with van der Waals surface area (Å²) in [5, 5.41) is 28.8. The van der Waals surface area contributed by atoms with Crippen molar-refractivity contribution in [1.82, 2.24) is 29.9 Å². The second-order valence-corrected chi connectivity index (χ2v) is 38.4. The molecule has 0 bridgehead atoms. The quantitative estimate of drug-likeness (QED) is 0.0971. The monoisotopic (exact) mass is 1900 g/mol. The number of aromatic nitrogens is 6. The number of nitrogens with zero attached hydrogens (tertiary/aromatic N) is 9. The van der Waals surface area contributed by atoms with Crippen LogP contribution < -0.4 is 0 Å². The van der Waals surface area contributed by atoms with E-state index in [1.807, 2.05) is 145 Å². The van der Waals surface area contributed by atoms with Gasteiger partial charge < -0.3 is 0 Å². The zero-order valence-electron chi connectivity index (χ0n) is 80.2. The molecule has 27 rings (SSSR count). The Morgan fingerprint density at radius 1 is 0.176 bits per heavy atom. The van der Waals surface area contributed by atoms with Crippen LogP contribution in [0.5, 0.6) is 0 Å². The molecule has 4 aliphatic rings. The summed E-state index contributed by atoms with van der Waals surface area (Å²) in [5.74, 6) is 2.00. The average molecular weight is 1900 g/mol. The molecule has 0 unspecified atom stereocenters. The van der Waals surface area contributed by atoms with E-state index in [-0.39, 0.29) is 0 Å². The lowest BCUT2D eigenvalue weighted by Crippen LogP contribution is -2.32. The summed E-state index contributed by atoms with van der Waals surface area (Å²) >= 11 is 1.83. The Labute approximate surface area is 863 Å². The maximum atomic E-state index is 9.72. The Morgan fingerprint density at radius 3 is 0.959 bits per heavy atom. The van der Waals surface area contributed by atoms with Gasteiger partial charge in [0.15, 0.2) is 17.5 Å². The van der Waals surface area contributed by atoms with E-state index in [1.165, 1.54) is 104 Å². The van der Waals surface area contributed by atoms with Crippen molar-refractivity contribution in [3.63, 3.8) is 0 Å². The lowest BCUT2D eigenvalue weighted by Gasteiger charge is -2.40. The summed E-state index contributed by atoms with van der Waals surface area (Å²) in [7, 11) is 0. The number of hydrogen-bond donors (Lipinski definition) is 0. The second-order valence-electron chi connectivity index (χ2n) is 37.3. The van der Waals surface area contributed by atoms with Gasteiger partial charge in [-0.2, -0.15) is 15.8 Å². The first kappa shape index (κ1) is 89.8. The Bertz CT molecular complexity index is 9080. The molecule has 0 amide bonds. The van der Waals surface area contributed by atoms with E-state index in [0.29, 0.717) is 34.2 Å². The fourth-order valence-electron chi connectivity index (χ4n) is 22.8. The normalized spacial score (nSPS) is 12.7. The number of rotatable bonds is 15. The van der Waals surface area contributed by atoms with E-state index in [1.54, 1.807) is 0 Å². The van der Waals surface area contributed by atoms with Crippen LogP contribution >= 0.6 is 11.8 Å². The highest BCUT2D eigenvalue weighted by Crippen LogP contribution is 2.65. The summed E-state index contributed by atoms with van der Waals surface area (Å²) in [6.07, 6.45) is 0. The molecule has 3 aromatic heterocycles. The molecule has 23 aromatic rings. The van der Waals surface area contributed by atoms with Crippen molar-refractivity contribution in [2.75, 3.05) is 0 Å². The molecule has 690 valence electrons. The summed E-state index contributed by atoms with van der Waals surface area (Å²) in [5.41, 5.74) is 40.7. The molecule has 3 aliphatic carbocycles. The highest BCUT2D eigenvalue weighted by atomic mass is 32.2. The smallest absolute Gasteiger partial charge is 0.161 e. The first-order valence-corrected chi connectivity index (χ1v) is 50.4. The van der Waals surface area contributed by atoms with Crippen molar-refractivity contribution in [3.8, 4) is 176 Å². The van der Waals surface area contributed by atoms with Crippen LogP contribution in [-0.4, -0.2) is 29.9 Å². The molecular formula is C138H87N9S. The van der Waals surface area contributed by atoms with Gasteiger partial charge in [0, 0.05) is 59.9 Å². The van der Waals surface area contributed by atoms with Crippen LogP contribution in [0.3, 0.4) is 0 Å². The van der Waals surface area contributed by atoms with Gasteiger partial charge in [0.05, 0.1) is 85.3 Å². The van der Waals surface area contributed by atoms with E-state index >= 15 is 0 Å². The van der Waals surface area contributed by atoms with Crippen molar-refractivity contribution in [1.29, 1.82) is 15.8 Å². The van der Waals surface area contributed by atoms with Gasteiger partial charge in [-0.25, -0.2) is 29.9 Å². The average Bonchev–Trinajstić information content (AvgIpc) is 1.51. The number of nitriles is 3. The van der Waals surface area contributed by atoms with Crippen LogP contribution in [0.15, 0.2) is 538 Å². The third-order valence-corrected chi connectivity index (χ3v) is 30.5. The molecule has 9 nitrogen and oxygen atoms in total. The first-order valence-electron chi connectivity index (χ1n) is 49.6. The molecule has 0 saturated carbocycles. The summed E-state index contributed by atoms with van der Waals surface area (Å²) in [6, 6.07) is 191. The molecule has 1 spiro atoms.